The Morgan fingerprint density at radius 1 is 1.06 bits per heavy atom. The van der Waals surface area contributed by atoms with Crippen molar-refractivity contribution in [2.24, 2.45) is 5.92 Å². The SMILES string of the molecule is CC(C)C(C(=O)NCCC(O)CN(Cc1ccccc1)Cc1ccccc1)N1CCCNC1=O. The summed E-state index contributed by atoms with van der Waals surface area (Å²) in [7, 11) is 0. The van der Waals surface area contributed by atoms with Crippen LogP contribution in [0, 0.1) is 5.92 Å². The van der Waals surface area contributed by atoms with Crippen molar-refractivity contribution in [3.63, 3.8) is 0 Å². The fraction of sp³-hybridized carbons (Fsp3) is 0.481. The van der Waals surface area contributed by atoms with Gasteiger partial charge in [-0.3, -0.25) is 9.69 Å². The molecule has 2 atom stereocenters. The van der Waals surface area contributed by atoms with Gasteiger partial charge in [0.2, 0.25) is 5.91 Å². The highest BCUT2D eigenvalue weighted by molar-refractivity contribution is 5.87. The molecule has 1 aliphatic rings. The second-order valence-corrected chi connectivity index (χ2v) is 9.34. The number of urea groups is 1. The number of benzene rings is 2. The third-order valence-corrected chi connectivity index (χ3v) is 6.09. The van der Waals surface area contributed by atoms with Crippen molar-refractivity contribution in [1.29, 1.82) is 0 Å². The number of amides is 3. The van der Waals surface area contributed by atoms with E-state index >= 15 is 0 Å². The second kappa shape index (κ2) is 13.1. The van der Waals surface area contributed by atoms with Gasteiger partial charge in [-0.25, -0.2) is 4.79 Å². The van der Waals surface area contributed by atoms with Crippen molar-refractivity contribution in [3.8, 4) is 0 Å². The second-order valence-electron chi connectivity index (χ2n) is 9.34. The van der Waals surface area contributed by atoms with Gasteiger partial charge in [0.15, 0.2) is 0 Å². The monoisotopic (exact) mass is 466 g/mol. The number of hydrogen-bond donors (Lipinski definition) is 3. The summed E-state index contributed by atoms with van der Waals surface area (Å²) in [4.78, 5) is 29.0. The summed E-state index contributed by atoms with van der Waals surface area (Å²) in [6.07, 6.45) is 0.700. The van der Waals surface area contributed by atoms with Crippen LogP contribution in [0.15, 0.2) is 60.7 Å². The minimum Gasteiger partial charge on any atom is -0.392 e. The first-order valence-corrected chi connectivity index (χ1v) is 12.2. The van der Waals surface area contributed by atoms with Gasteiger partial charge in [-0.2, -0.15) is 0 Å². The van der Waals surface area contributed by atoms with Crippen LogP contribution in [0.2, 0.25) is 0 Å². The molecule has 0 spiro atoms. The largest absolute Gasteiger partial charge is 0.392 e. The number of hydrogen-bond acceptors (Lipinski definition) is 4. The molecular weight excluding hydrogens is 428 g/mol. The standard InChI is InChI=1S/C27H38N4O3/c1-21(2)25(31-17-9-15-29-27(31)34)26(33)28-16-14-24(32)20-30(18-22-10-5-3-6-11-22)19-23-12-7-4-8-13-23/h3-8,10-13,21,24-25,32H,9,14-20H2,1-2H3,(H,28,33)(H,29,34). The normalized spacial score (nSPS) is 15.8. The molecule has 2 aromatic carbocycles. The molecular formula is C27H38N4O3. The van der Waals surface area contributed by atoms with E-state index in [1.807, 2.05) is 50.2 Å². The topological polar surface area (TPSA) is 84.9 Å². The van der Waals surface area contributed by atoms with Crippen molar-refractivity contribution in [1.82, 2.24) is 20.4 Å². The molecule has 1 aliphatic heterocycles. The summed E-state index contributed by atoms with van der Waals surface area (Å²) in [6, 6.07) is 19.8. The Balaban J connectivity index is 1.53. The summed E-state index contributed by atoms with van der Waals surface area (Å²) in [6.45, 7) is 7.47. The average Bonchev–Trinajstić information content (AvgIpc) is 2.81. The summed E-state index contributed by atoms with van der Waals surface area (Å²) in [5.74, 6) is -0.161. The minimum atomic E-state index is -0.580. The van der Waals surface area contributed by atoms with Crippen molar-refractivity contribution < 1.29 is 14.7 Å². The number of aliphatic hydroxyl groups excluding tert-OH is 1. The predicted octanol–water partition coefficient (Wildman–Crippen LogP) is 3.00. The lowest BCUT2D eigenvalue weighted by molar-refractivity contribution is -0.127. The third-order valence-electron chi connectivity index (χ3n) is 6.09. The molecule has 3 rings (SSSR count). The van der Waals surface area contributed by atoms with Crippen LogP contribution in [0.5, 0.6) is 0 Å². The predicted molar refractivity (Wildman–Crippen MR) is 134 cm³/mol. The lowest BCUT2D eigenvalue weighted by Crippen LogP contribution is -2.58. The van der Waals surface area contributed by atoms with Gasteiger partial charge < -0.3 is 20.6 Å². The Morgan fingerprint density at radius 3 is 2.18 bits per heavy atom. The van der Waals surface area contributed by atoms with Crippen LogP contribution in [-0.4, -0.2) is 65.2 Å². The molecule has 2 unspecified atom stereocenters. The summed E-state index contributed by atoms with van der Waals surface area (Å²) in [5.41, 5.74) is 2.39. The molecule has 34 heavy (non-hydrogen) atoms. The maximum atomic E-state index is 12.9. The van der Waals surface area contributed by atoms with E-state index in [4.69, 9.17) is 0 Å². The molecule has 3 amide bonds. The Labute approximate surface area is 203 Å². The number of carbonyl (C=O) groups excluding carboxylic acids is 2. The van der Waals surface area contributed by atoms with Crippen molar-refractivity contribution in [2.45, 2.75) is 51.9 Å². The maximum absolute atomic E-state index is 12.9. The highest BCUT2D eigenvalue weighted by Gasteiger charge is 2.33. The highest BCUT2D eigenvalue weighted by Crippen LogP contribution is 2.15. The molecule has 1 heterocycles. The number of nitrogens with zero attached hydrogens (tertiary/aromatic N) is 2. The van der Waals surface area contributed by atoms with Gasteiger partial charge in [0.25, 0.3) is 0 Å². The number of nitrogens with one attached hydrogen (secondary N) is 2. The van der Waals surface area contributed by atoms with Crippen LogP contribution in [0.3, 0.4) is 0 Å². The molecule has 0 aliphatic carbocycles. The molecule has 1 saturated heterocycles. The van der Waals surface area contributed by atoms with Gasteiger partial charge in [-0.1, -0.05) is 74.5 Å². The van der Waals surface area contributed by atoms with E-state index in [0.29, 0.717) is 32.6 Å². The minimum absolute atomic E-state index is 0.000935. The molecule has 0 bridgehead atoms. The first kappa shape index (κ1) is 25.7. The zero-order chi connectivity index (χ0) is 24.3. The van der Waals surface area contributed by atoms with E-state index < -0.39 is 12.1 Å². The lowest BCUT2D eigenvalue weighted by atomic mass is 10.0. The Kier molecular flexibility index (Phi) is 9.91. The van der Waals surface area contributed by atoms with E-state index in [2.05, 4.69) is 39.8 Å². The van der Waals surface area contributed by atoms with Crippen LogP contribution >= 0.6 is 0 Å². The molecule has 7 nitrogen and oxygen atoms in total. The fourth-order valence-corrected chi connectivity index (χ4v) is 4.44. The van der Waals surface area contributed by atoms with E-state index in [1.54, 1.807) is 4.90 Å². The lowest BCUT2D eigenvalue weighted by Gasteiger charge is -2.36. The van der Waals surface area contributed by atoms with Crippen LogP contribution in [0.4, 0.5) is 4.79 Å². The number of aliphatic hydroxyl groups is 1. The van der Waals surface area contributed by atoms with Gasteiger partial charge in [0.1, 0.15) is 6.04 Å². The summed E-state index contributed by atoms with van der Waals surface area (Å²) >= 11 is 0. The Bertz CT molecular complexity index is 850. The number of rotatable bonds is 12. The molecule has 1 fully saturated rings. The van der Waals surface area contributed by atoms with Gasteiger partial charge in [-0.15, -0.1) is 0 Å². The van der Waals surface area contributed by atoms with Gasteiger partial charge in [0, 0.05) is 39.3 Å². The summed E-state index contributed by atoms with van der Waals surface area (Å²) in [5, 5.41) is 16.5. The van der Waals surface area contributed by atoms with Crippen LogP contribution < -0.4 is 10.6 Å². The average molecular weight is 467 g/mol. The molecule has 0 saturated carbocycles. The first-order chi connectivity index (χ1) is 16.4. The van der Waals surface area contributed by atoms with E-state index in [9.17, 15) is 14.7 Å². The van der Waals surface area contributed by atoms with E-state index in [-0.39, 0.29) is 17.9 Å². The Hall–Kier alpha value is -2.90. The van der Waals surface area contributed by atoms with Gasteiger partial charge in [0.05, 0.1) is 6.10 Å². The van der Waals surface area contributed by atoms with Crippen molar-refractivity contribution in [2.75, 3.05) is 26.2 Å². The van der Waals surface area contributed by atoms with Crippen molar-refractivity contribution >= 4 is 11.9 Å². The fourth-order valence-electron chi connectivity index (χ4n) is 4.44. The molecule has 0 radical (unpaired) electrons. The third kappa shape index (κ3) is 7.85. The van der Waals surface area contributed by atoms with E-state index in [1.165, 1.54) is 11.1 Å². The zero-order valence-corrected chi connectivity index (χ0v) is 20.3. The quantitative estimate of drug-likeness (QED) is 0.449. The number of carbonyl (C=O) groups is 2. The van der Waals surface area contributed by atoms with Crippen LogP contribution in [-0.2, 0) is 17.9 Å². The van der Waals surface area contributed by atoms with E-state index in [0.717, 1.165) is 19.5 Å². The maximum Gasteiger partial charge on any atom is 0.318 e. The Morgan fingerprint density at radius 2 is 1.65 bits per heavy atom. The zero-order valence-electron chi connectivity index (χ0n) is 20.3. The van der Waals surface area contributed by atoms with Gasteiger partial charge >= 0.3 is 6.03 Å². The summed E-state index contributed by atoms with van der Waals surface area (Å²) < 4.78 is 0. The first-order valence-electron chi connectivity index (χ1n) is 12.2. The molecule has 184 valence electrons. The molecule has 3 N–H and O–H groups in total. The van der Waals surface area contributed by atoms with Crippen LogP contribution in [0.25, 0.3) is 0 Å². The molecule has 0 aromatic heterocycles. The van der Waals surface area contributed by atoms with Crippen molar-refractivity contribution in [3.05, 3.63) is 71.8 Å². The van der Waals surface area contributed by atoms with Crippen LogP contribution in [0.1, 0.15) is 37.8 Å². The molecule has 2 aromatic rings. The highest BCUT2D eigenvalue weighted by atomic mass is 16.3. The van der Waals surface area contributed by atoms with Gasteiger partial charge in [-0.05, 0) is 29.9 Å². The molecule has 7 heteroatoms. The smallest absolute Gasteiger partial charge is 0.318 e.